The van der Waals surface area contributed by atoms with Gasteiger partial charge in [-0.05, 0) is 45.1 Å². The molecule has 0 spiro atoms. The fourth-order valence-corrected chi connectivity index (χ4v) is 2.71. The lowest BCUT2D eigenvalue weighted by Gasteiger charge is -2.39. The summed E-state index contributed by atoms with van der Waals surface area (Å²) in [6.45, 7) is 1.15. The van der Waals surface area contributed by atoms with E-state index in [-0.39, 0.29) is 12.1 Å². The maximum atomic E-state index is 9.46. The molecule has 3 nitrogen and oxygen atoms in total. The molecule has 2 aliphatic carbocycles. The van der Waals surface area contributed by atoms with Crippen molar-refractivity contribution >= 4 is 0 Å². The first-order valence-electron chi connectivity index (χ1n) is 6.69. The molecule has 0 aliphatic heterocycles. The molecule has 0 bridgehead atoms. The summed E-state index contributed by atoms with van der Waals surface area (Å²) in [4.78, 5) is 0. The Bertz CT molecular complexity index is 212. The van der Waals surface area contributed by atoms with Crippen LogP contribution in [0, 0.1) is 5.92 Å². The average Bonchev–Trinajstić information content (AvgIpc) is 3.13. The number of hydrogen-bond donors (Lipinski definition) is 2. The van der Waals surface area contributed by atoms with Gasteiger partial charge in [0.1, 0.15) is 0 Å². The molecule has 2 aliphatic rings. The third kappa shape index (κ3) is 3.19. The summed E-state index contributed by atoms with van der Waals surface area (Å²) in [5.41, 5.74) is -0.0809. The molecule has 2 N–H and O–H groups in total. The van der Waals surface area contributed by atoms with E-state index < -0.39 is 0 Å². The molecular weight excluding hydrogens is 202 g/mol. The van der Waals surface area contributed by atoms with Crippen LogP contribution in [0.1, 0.15) is 44.9 Å². The number of aliphatic hydroxyl groups excluding tert-OH is 1. The number of nitrogens with one attached hydrogen (secondary N) is 1. The lowest BCUT2D eigenvalue weighted by molar-refractivity contribution is -0.0156. The fourth-order valence-electron chi connectivity index (χ4n) is 2.71. The van der Waals surface area contributed by atoms with Crippen LogP contribution in [-0.4, -0.2) is 37.0 Å². The molecule has 0 amide bonds. The van der Waals surface area contributed by atoms with E-state index >= 15 is 0 Å². The molecule has 0 heterocycles. The number of rotatable bonds is 6. The maximum absolute atomic E-state index is 9.46. The molecule has 0 saturated heterocycles. The van der Waals surface area contributed by atoms with Gasteiger partial charge in [0.2, 0.25) is 0 Å². The van der Waals surface area contributed by atoms with Gasteiger partial charge < -0.3 is 15.2 Å². The normalized spacial score (nSPS) is 35.2. The van der Waals surface area contributed by atoms with Crippen LogP contribution in [0.2, 0.25) is 0 Å². The third-order valence-electron chi connectivity index (χ3n) is 4.21. The van der Waals surface area contributed by atoms with Gasteiger partial charge in [0.15, 0.2) is 0 Å². The second-order valence-corrected chi connectivity index (χ2v) is 5.51. The molecule has 0 aromatic rings. The van der Waals surface area contributed by atoms with Crippen molar-refractivity contribution in [1.29, 1.82) is 0 Å². The Morgan fingerprint density at radius 1 is 1.38 bits per heavy atom. The van der Waals surface area contributed by atoms with Crippen molar-refractivity contribution < 1.29 is 9.84 Å². The van der Waals surface area contributed by atoms with Gasteiger partial charge in [-0.2, -0.15) is 0 Å². The van der Waals surface area contributed by atoms with Crippen molar-refractivity contribution in [2.24, 2.45) is 5.92 Å². The molecule has 0 radical (unpaired) electrons. The van der Waals surface area contributed by atoms with E-state index in [0.717, 1.165) is 38.2 Å². The minimum absolute atomic E-state index is 0.0809. The molecule has 0 aromatic heterocycles. The Morgan fingerprint density at radius 3 is 2.81 bits per heavy atom. The van der Waals surface area contributed by atoms with Crippen molar-refractivity contribution in [2.75, 3.05) is 20.3 Å². The van der Waals surface area contributed by atoms with E-state index in [1.165, 1.54) is 19.3 Å². The zero-order valence-corrected chi connectivity index (χ0v) is 10.4. The molecular formula is C13H25NO2. The zero-order valence-electron chi connectivity index (χ0n) is 10.4. The monoisotopic (exact) mass is 227 g/mol. The summed E-state index contributed by atoms with van der Waals surface area (Å²) in [7, 11) is 1.95. The second kappa shape index (κ2) is 5.48. The lowest BCUT2D eigenvalue weighted by atomic mass is 9.81. The number of ether oxygens (including phenoxy) is 1. The van der Waals surface area contributed by atoms with Crippen molar-refractivity contribution in [3.05, 3.63) is 0 Å². The van der Waals surface area contributed by atoms with Gasteiger partial charge in [0.25, 0.3) is 0 Å². The van der Waals surface area contributed by atoms with E-state index in [1.807, 2.05) is 7.05 Å². The molecule has 16 heavy (non-hydrogen) atoms. The number of likely N-dealkylation sites (N-methyl/N-ethyl adjacent to an activating group) is 1. The summed E-state index contributed by atoms with van der Waals surface area (Å²) in [6, 6.07) is 0. The van der Waals surface area contributed by atoms with Crippen LogP contribution >= 0.6 is 0 Å². The Labute approximate surface area is 98.6 Å². The van der Waals surface area contributed by atoms with Crippen molar-refractivity contribution in [2.45, 2.75) is 56.6 Å². The van der Waals surface area contributed by atoms with Gasteiger partial charge in [-0.15, -0.1) is 0 Å². The second-order valence-electron chi connectivity index (χ2n) is 5.51. The van der Waals surface area contributed by atoms with E-state index in [0.29, 0.717) is 6.10 Å². The lowest BCUT2D eigenvalue weighted by Crippen LogP contribution is -2.51. The Hall–Kier alpha value is -0.120. The Morgan fingerprint density at radius 2 is 2.19 bits per heavy atom. The van der Waals surface area contributed by atoms with Crippen LogP contribution in [0.4, 0.5) is 0 Å². The van der Waals surface area contributed by atoms with Gasteiger partial charge in [-0.25, -0.2) is 0 Å². The van der Waals surface area contributed by atoms with Crippen LogP contribution < -0.4 is 5.32 Å². The Kier molecular flexibility index (Phi) is 4.22. The molecule has 0 aromatic carbocycles. The summed E-state index contributed by atoms with van der Waals surface area (Å²) in [5.74, 6) is 0.954. The molecule has 3 heteroatoms. The number of aliphatic hydroxyl groups is 1. The quantitative estimate of drug-likeness (QED) is 0.725. The first-order valence-corrected chi connectivity index (χ1v) is 6.69. The van der Waals surface area contributed by atoms with E-state index in [4.69, 9.17) is 4.74 Å². The first-order chi connectivity index (χ1) is 7.78. The van der Waals surface area contributed by atoms with Crippen LogP contribution in [0.15, 0.2) is 0 Å². The van der Waals surface area contributed by atoms with Gasteiger partial charge in [0, 0.05) is 12.1 Å². The minimum Gasteiger partial charge on any atom is -0.394 e. The highest BCUT2D eigenvalue weighted by atomic mass is 16.5. The Balaban J connectivity index is 1.71. The summed E-state index contributed by atoms with van der Waals surface area (Å²) in [5, 5.41) is 12.7. The van der Waals surface area contributed by atoms with E-state index in [9.17, 15) is 5.11 Å². The SMILES string of the molecule is CNC1(CO)CCCC(OCCC2CC2)C1. The zero-order chi connectivity index (χ0) is 11.4. The van der Waals surface area contributed by atoms with Crippen molar-refractivity contribution in [3.63, 3.8) is 0 Å². The van der Waals surface area contributed by atoms with Gasteiger partial charge in [-0.3, -0.25) is 0 Å². The van der Waals surface area contributed by atoms with Gasteiger partial charge in [-0.1, -0.05) is 12.8 Å². The predicted molar refractivity (Wildman–Crippen MR) is 64.4 cm³/mol. The van der Waals surface area contributed by atoms with Crippen molar-refractivity contribution in [1.82, 2.24) is 5.32 Å². The summed E-state index contributed by atoms with van der Waals surface area (Å²) in [6.07, 6.45) is 8.77. The molecule has 2 fully saturated rings. The predicted octanol–water partition coefficient (Wildman–Crippen LogP) is 1.70. The number of hydrogen-bond acceptors (Lipinski definition) is 3. The third-order valence-corrected chi connectivity index (χ3v) is 4.21. The van der Waals surface area contributed by atoms with Crippen LogP contribution in [0.3, 0.4) is 0 Å². The molecule has 2 rings (SSSR count). The van der Waals surface area contributed by atoms with Crippen LogP contribution in [0.5, 0.6) is 0 Å². The molecule has 2 atom stereocenters. The molecule has 2 unspecified atom stereocenters. The fraction of sp³-hybridized carbons (Fsp3) is 1.00. The maximum Gasteiger partial charge on any atom is 0.0614 e. The summed E-state index contributed by atoms with van der Waals surface area (Å²) >= 11 is 0. The first kappa shape index (κ1) is 12.3. The highest BCUT2D eigenvalue weighted by Crippen LogP contribution is 2.33. The highest BCUT2D eigenvalue weighted by Gasteiger charge is 2.35. The van der Waals surface area contributed by atoms with Gasteiger partial charge >= 0.3 is 0 Å². The van der Waals surface area contributed by atoms with Crippen LogP contribution in [0.25, 0.3) is 0 Å². The van der Waals surface area contributed by atoms with Crippen molar-refractivity contribution in [3.8, 4) is 0 Å². The van der Waals surface area contributed by atoms with E-state index in [1.54, 1.807) is 0 Å². The van der Waals surface area contributed by atoms with Crippen LogP contribution in [-0.2, 0) is 4.74 Å². The molecule has 94 valence electrons. The van der Waals surface area contributed by atoms with Gasteiger partial charge in [0.05, 0.1) is 12.7 Å². The largest absolute Gasteiger partial charge is 0.394 e. The smallest absolute Gasteiger partial charge is 0.0614 e. The summed E-state index contributed by atoms with van der Waals surface area (Å²) < 4.78 is 5.94. The standard InChI is InChI=1S/C13H25NO2/c1-14-13(10-15)7-2-3-12(9-13)16-8-6-11-4-5-11/h11-12,14-15H,2-10H2,1H3. The topological polar surface area (TPSA) is 41.5 Å². The minimum atomic E-state index is -0.0809. The average molecular weight is 227 g/mol. The highest BCUT2D eigenvalue weighted by molar-refractivity contribution is 4.92. The van der Waals surface area contributed by atoms with E-state index in [2.05, 4.69) is 5.32 Å². The molecule has 2 saturated carbocycles.